The number of hydrogen-bond donors (Lipinski definition) is 1. The number of hydrogen-bond acceptors (Lipinski definition) is 4. The van der Waals surface area contributed by atoms with Crippen LogP contribution in [-0.4, -0.2) is 19.1 Å². The molecule has 26 heavy (non-hydrogen) atoms. The molecule has 0 aliphatic carbocycles. The van der Waals surface area contributed by atoms with E-state index in [1.165, 1.54) is 11.3 Å². The molecule has 2 heterocycles. The van der Waals surface area contributed by atoms with Crippen molar-refractivity contribution in [2.24, 2.45) is 0 Å². The molecule has 0 unspecified atom stereocenters. The van der Waals surface area contributed by atoms with Crippen LogP contribution >= 0.6 is 22.9 Å². The van der Waals surface area contributed by atoms with E-state index in [2.05, 4.69) is 10.2 Å². The van der Waals surface area contributed by atoms with E-state index in [-0.39, 0.29) is 5.91 Å². The van der Waals surface area contributed by atoms with E-state index < -0.39 is 0 Å². The summed E-state index contributed by atoms with van der Waals surface area (Å²) in [7, 11) is 0. The van der Waals surface area contributed by atoms with E-state index in [0.717, 1.165) is 27.7 Å². The average Bonchev–Trinajstić information content (AvgIpc) is 3.13. The summed E-state index contributed by atoms with van der Waals surface area (Å²) in [6.07, 6.45) is 0. The quantitative estimate of drug-likeness (QED) is 0.648. The molecule has 1 aliphatic heterocycles. The van der Waals surface area contributed by atoms with Crippen LogP contribution in [0.1, 0.15) is 15.2 Å². The Hall–Kier alpha value is -2.50. The molecule has 3 aromatic rings. The average molecular weight is 385 g/mol. The van der Waals surface area contributed by atoms with Gasteiger partial charge in [0, 0.05) is 10.7 Å². The molecule has 0 spiro atoms. The van der Waals surface area contributed by atoms with Crippen LogP contribution in [0.5, 0.6) is 5.75 Å². The largest absolute Gasteiger partial charge is 0.490 e. The predicted molar refractivity (Wildman–Crippen MR) is 107 cm³/mol. The fourth-order valence-electron chi connectivity index (χ4n) is 2.84. The summed E-state index contributed by atoms with van der Waals surface area (Å²) >= 11 is 7.60. The smallest absolute Gasteiger partial charge is 0.265 e. The summed E-state index contributed by atoms with van der Waals surface area (Å²) in [5, 5.41) is 4.59. The minimum absolute atomic E-state index is 0.107. The van der Waals surface area contributed by atoms with Gasteiger partial charge in [-0.25, -0.2) is 0 Å². The maximum absolute atomic E-state index is 12.5. The highest BCUT2D eigenvalue weighted by Gasteiger charge is 2.22. The molecule has 0 saturated heterocycles. The normalized spacial score (nSPS) is 13.1. The van der Waals surface area contributed by atoms with Gasteiger partial charge in [-0.1, -0.05) is 29.3 Å². The predicted octanol–water partition coefficient (Wildman–Crippen LogP) is 5.49. The zero-order valence-electron chi connectivity index (χ0n) is 14.2. The molecule has 0 saturated carbocycles. The Labute approximate surface area is 161 Å². The number of ether oxygens (including phenoxy) is 1. The van der Waals surface area contributed by atoms with Crippen LogP contribution < -0.4 is 15.0 Å². The van der Waals surface area contributed by atoms with E-state index >= 15 is 0 Å². The SMILES string of the molecule is Cc1ccc(NC(=O)c2ccc(N3CCOc4ccc(Cl)cc43)s2)cc1. The van der Waals surface area contributed by atoms with Crippen molar-refractivity contribution in [2.45, 2.75) is 6.92 Å². The minimum atomic E-state index is -0.107. The standard InChI is InChI=1S/C20H17ClN2O2S/c1-13-2-5-15(6-3-13)22-20(24)18-8-9-19(26-18)23-10-11-25-17-7-4-14(21)12-16(17)23/h2-9,12H,10-11H2,1H3,(H,22,24). The van der Waals surface area contributed by atoms with Crippen LogP contribution in [0.25, 0.3) is 0 Å². The molecule has 0 bridgehead atoms. The Morgan fingerprint density at radius 2 is 1.96 bits per heavy atom. The first-order chi connectivity index (χ1) is 12.6. The fraction of sp³-hybridized carbons (Fsp3) is 0.150. The monoisotopic (exact) mass is 384 g/mol. The van der Waals surface area contributed by atoms with Crippen LogP contribution in [0, 0.1) is 6.92 Å². The second kappa shape index (κ2) is 7.02. The van der Waals surface area contributed by atoms with E-state index in [0.29, 0.717) is 23.1 Å². The van der Waals surface area contributed by atoms with Gasteiger partial charge in [0.05, 0.1) is 22.1 Å². The lowest BCUT2D eigenvalue weighted by Gasteiger charge is -2.30. The van der Waals surface area contributed by atoms with Crippen LogP contribution in [0.15, 0.2) is 54.6 Å². The number of anilines is 3. The summed E-state index contributed by atoms with van der Waals surface area (Å²) in [5.41, 5.74) is 2.88. The molecule has 0 radical (unpaired) electrons. The van der Waals surface area contributed by atoms with Crippen molar-refractivity contribution >= 4 is 45.2 Å². The molecule has 1 aliphatic rings. The summed E-state index contributed by atoms with van der Waals surface area (Å²) < 4.78 is 5.70. The lowest BCUT2D eigenvalue weighted by molar-refractivity contribution is 0.103. The van der Waals surface area contributed by atoms with Crippen LogP contribution in [0.3, 0.4) is 0 Å². The highest BCUT2D eigenvalue weighted by Crippen LogP contribution is 2.40. The second-order valence-electron chi connectivity index (χ2n) is 6.07. The number of fused-ring (bicyclic) bond motifs is 1. The van der Waals surface area contributed by atoms with Gasteiger partial charge in [0.2, 0.25) is 0 Å². The number of nitrogens with zero attached hydrogens (tertiary/aromatic N) is 1. The first kappa shape index (κ1) is 16.9. The molecule has 132 valence electrons. The maximum atomic E-state index is 12.5. The maximum Gasteiger partial charge on any atom is 0.265 e. The first-order valence-electron chi connectivity index (χ1n) is 8.28. The number of thiophene rings is 1. The Bertz CT molecular complexity index is 953. The van der Waals surface area contributed by atoms with Crippen LogP contribution in [-0.2, 0) is 0 Å². The van der Waals surface area contributed by atoms with Crippen molar-refractivity contribution in [1.29, 1.82) is 0 Å². The molecule has 0 fully saturated rings. The fourth-order valence-corrected chi connectivity index (χ4v) is 3.95. The van der Waals surface area contributed by atoms with Gasteiger partial charge < -0.3 is 15.0 Å². The molecule has 2 aromatic carbocycles. The van der Waals surface area contributed by atoms with Crippen LogP contribution in [0.4, 0.5) is 16.4 Å². The van der Waals surface area contributed by atoms with Gasteiger partial charge in [-0.15, -0.1) is 11.3 Å². The van der Waals surface area contributed by atoms with Crippen molar-refractivity contribution in [3.8, 4) is 5.75 Å². The number of rotatable bonds is 3. The summed E-state index contributed by atoms with van der Waals surface area (Å²) in [4.78, 5) is 15.3. The highest BCUT2D eigenvalue weighted by molar-refractivity contribution is 7.18. The molecule has 0 atom stereocenters. The molecule has 1 aromatic heterocycles. The third-order valence-electron chi connectivity index (χ3n) is 4.18. The first-order valence-corrected chi connectivity index (χ1v) is 9.47. The van der Waals surface area contributed by atoms with E-state index in [1.54, 1.807) is 0 Å². The van der Waals surface area contributed by atoms with Crippen molar-refractivity contribution < 1.29 is 9.53 Å². The van der Waals surface area contributed by atoms with E-state index in [4.69, 9.17) is 16.3 Å². The number of aryl methyl sites for hydroxylation is 1. The lowest BCUT2D eigenvalue weighted by atomic mass is 10.2. The molecule has 4 rings (SSSR count). The van der Waals surface area contributed by atoms with E-state index in [1.807, 2.05) is 61.5 Å². The number of halogens is 1. The molecule has 1 N–H and O–H groups in total. The van der Waals surface area contributed by atoms with Gasteiger partial charge in [0.15, 0.2) is 0 Å². The number of carbonyl (C=O) groups excluding carboxylic acids is 1. The van der Waals surface area contributed by atoms with Gasteiger partial charge in [-0.05, 0) is 49.4 Å². The van der Waals surface area contributed by atoms with Crippen molar-refractivity contribution in [2.75, 3.05) is 23.4 Å². The summed E-state index contributed by atoms with van der Waals surface area (Å²) in [5.74, 6) is 0.699. The van der Waals surface area contributed by atoms with E-state index in [9.17, 15) is 4.79 Å². The zero-order valence-corrected chi connectivity index (χ0v) is 15.7. The van der Waals surface area contributed by atoms with Crippen LogP contribution in [0.2, 0.25) is 5.02 Å². The van der Waals surface area contributed by atoms with Crippen molar-refractivity contribution in [3.05, 3.63) is 70.1 Å². The Morgan fingerprint density at radius 3 is 2.77 bits per heavy atom. The van der Waals surface area contributed by atoms with Gasteiger partial charge in [-0.2, -0.15) is 0 Å². The van der Waals surface area contributed by atoms with Crippen molar-refractivity contribution in [3.63, 3.8) is 0 Å². The lowest BCUT2D eigenvalue weighted by Crippen LogP contribution is -2.27. The number of amides is 1. The number of benzene rings is 2. The van der Waals surface area contributed by atoms with Gasteiger partial charge >= 0.3 is 0 Å². The minimum Gasteiger partial charge on any atom is -0.490 e. The van der Waals surface area contributed by atoms with Gasteiger partial charge in [0.1, 0.15) is 12.4 Å². The topological polar surface area (TPSA) is 41.6 Å². The van der Waals surface area contributed by atoms with Gasteiger partial charge in [0.25, 0.3) is 5.91 Å². The highest BCUT2D eigenvalue weighted by atomic mass is 35.5. The number of nitrogens with one attached hydrogen (secondary N) is 1. The Balaban J connectivity index is 1.56. The third kappa shape index (κ3) is 3.41. The summed E-state index contributed by atoms with van der Waals surface area (Å²) in [6.45, 7) is 3.33. The van der Waals surface area contributed by atoms with Gasteiger partial charge in [-0.3, -0.25) is 4.79 Å². The third-order valence-corrected chi connectivity index (χ3v) is 5.52. The molecular weight excluding hydrogens is 368 g/mol. The zero-order chi connectivity index (χ0) is 18.1. The second-order valence-corrected chi connectivity index (χ2v) is 7.57. The summed E-state index contributed by atoms with van der Waals surface area (Å²) in [6, 6.07) is 17.2. The molecule has 4 nitrogen and oxygen atoms in total. The molecule has 1 amide bonds. The Morgan fingerprint density at radius 1 is 1.15 bits per heavy atom. The molecular formula is C20H17ClN2O2S. The molecule has 6 heteroatoms. The van der Waals surface area contributed by atoms with Crippen molar-refractivity contribution in [1.82, 2.24) is 0 Å². The number of carbonyl (C=O) groups is 1. The Kier molecular flexibility index (Phi) is 4.57.